The summed E-state index contributed by atoms with van der Waals surface area (Å²) in [7, 11) is 2.34. The van der Waals surface area contributed by atoms with Crippen molar-refractivity contribution in [3.05, 3.63) is 12.4 Å². The molecule has 0 fully saturated rings. The predicted octanol–water partition coefficient (Wildman–Crippen LogP) is 0.599. The van der Waals surface area contributed by atoms with Crippen molar-refractivity contribution in [2.45, 2.75) is 45.8 Å². The number of rotatable bonds is 5. The van der Waals surface area contributed by atoms with E-state index >= 15 is 0 Å². The molecule has 4 nitrogen and oxygen atoms in total. The molecule has 0 bridgehead atoms. The Morgan fingerprint density at radius 1 is 1.41 bits per heavy atom. The van der Waals surface area contributed by atoms with Crippen LogP contribution in [0.1, 0.15) is 34.6 Å². The van der Waals surface area contributed by atoms with E-state index < -0.39 is 11.2 Å². The van der Waals surface area contributed by atoms with Gasteiger partial charge in [-0.2, -0.15) is 5.10 Å². The van der Waals surface area contributed by atoms with Crippen molar-refractivity contribution in [1.82, 2.24) is 9.78 Å². The molecule has 0 saturated heterocycles. The van der Waals surface area contributed by atoms with E-state index in [9.17, 15) is 5.11 Å². The standard InChI is InChI=1S/C12H23BN2O2/c1-9(2)12(5,11(3,4)16)17-13-10-7-14-15(6)8-10/h7-9,13,16H,1-6H3. The lowest BCUT2D eigenvalue weighted by Gasteiger charge is -2.44. The van der Waals surface area contributed by atoms with Crippen molar-refractivity contribution in [3.8, 4) is 0 Å². The van der Waals surface area contributed by atoms with Crippen molar-refractivity contribution in [1.29, 1.82) is 0 Å². The van der Waals surface area contributed by atoms with Crippen molar-refractivity contribution in [2.75, 3.05) is 0 Å². The van der Waals surface area contributed by atoms with E-state index in [0.29, 0.717) is 7.48 Å². The molecule has 5 heteroatoms. The van der Waals surface area contributed by atoms with E-state index in [0.717, 1.165) is 5.46 Å². The molecular weight excluding hydrogens is 215 g/mol. The van der Waals surface area contributed by atoms with E-state index in [1.165, 1.54) is 0 Å². The van der Waals surface area contributed by atoms with E-state index in [2.05, 4.69) is 18.9 Å². The Balaban J connectivity index is 2.75. The Morgan fingerprint density at radius 2 is 2.00 bits per heavy atom. The number of aromatic nitrogens is 2. The smallest absolute Gasteiger partial charge is 0.312 e. The highest BCUT2D eigenvalue weighted by Gasteiger charge is 2.43. The van der Waals surface area contributed by atoms with Crippen LogP contribution in [0.3, 0.4) is 0 Å². The van der Waals surface area contributed by atoms with Gasteiger partial charge in [0.25, 0.3) is 0 Å². The second-order valence-corrected chi connectivity index (χ2v) is 5.63. The number of hydrogen-bond acceptors (Lipinski definition) is 3. The highest BCUT2D eigenvalue weighted by molar-refractivity contribution is 6.46. The number of aryl methyl sites for hydroxylation is 1. The zero-order valence-electron chi connectivity index (χ0n) is 11.7. The van der Waals surface area contributed by atoms with E-state index in [1.54, 1.807) is 24.7 Å². The highest BCUT2D eigenvalue weighted by atomic mass is 16.5. The monoisotopic (exact) mass is 238 g/mol. The molecule has 0 amide bonds. The second kappa shape index (κ2) is 4.82. The van der Waals surface area contributed by atoms with Gasteiger partial charge in [-0.1, -0.05) is 13.8 Å². The minimum atomic E-state index is -0.886. The Labute approximate surface area is 104 Å². The van der Waals surface area contributed by atoms with Crippen LogP contribution in [0.15, 0.2) is 12.4 Å². The maximum atomic E-state index is 10.2. The van der Waals surface area contributed by atoms with Crippen LogP contribution in [0.25, 0.3) is 0 Å². The average molecular weight is 238 g/mol. The van der Waals surface area contributed by atoms with Crippen LogP contribution in [0.2, 0.25) is 0 Å². The van der Waals surface area contributed by atoms with Gasteiger partial charge in [-0.3, -0.25) is 4.68 Å². The van der Waals surface area contributed by atoms with Gasteiger partial charge in [0.15, 0.2) is 0 Å². The Kier molecular flexibility index (Phi) is 4.04. The largest absolute Gasteiger partial charge is 0.426 e. The predicted molar refractivity (Wildman–Crippen MR) is 70.6 cm³/mol. The highest BCUT2D eigenvalue weighted by Crippen LogP contribution is 2.32. The minimum Gasteiger partial charge on any atom is -0.426 e. The molecule has 1 atom stereocenters. The third-order valence-electron chi connectivity index (χ3n) is 3.61. The van der Waals surface area contributed by atoms with Gasteiger partial charge in [0.1, 0.15) is 0 Å². The summed E-state index contributed by atoms with van der Waals surface area (Å²) in [5.41, 5.74) is -0.449. The molecule has 0 radical (unpaired) electrons. The van der Waals surface area contributed by atoms with Crippen molar-refractivity contribution in [2.24, 2.45) is 13.0 Å². The van der Waals surface area contributed by atoms with Crippen molar-refractivity contribution < 1.29 is 9.76 Å². The molecule has 1 heterocycles. The summed E-state index contributed by atoms with van der Waals surface area (Å²) in [6, 6.07) is 0. The van der Waals surface area contributed by atoms with Crippen LogP contribution in [-0.4, -0.2) is 33.6 Å². The molecular formula is C12H23BN2O2. The summed E-state index contributed by atoms with van der Waals surface area (Å²) < 4.78 is 7.70. The summed E-state index contributed by atoms with van der Waals surface area (Å²) in [4.78, 5) is 0. The van der Waals surface area contributed by atoms with Gasteiger partial charge < -0.3 is 9.76 Å². The SMILES string of the molecule is CC(C)C(C)(OBc1cnn(C)c1)C(C)(C)O. The molecule has 0 aliphatic rings. The maximum absolute atomic E-state index is 10.2. The fourth-order valence-electron chi connectivity index (χ4n) is 1.83. The van der Waals surface area contributed by atoms with Gasteiger partial charge in [-0.05, 0) is 32.2 Å². The molecule has 0 saturated carbocycles. The van der Waals surface area contributed by atoms with Crippen molar-refractivity contribution in [3.63, 3.8) is 0 Å². The van der Waals surface area contributed by atoms with Crippen LogP contribution in [0.5, 0.6) is 0 Å². The van der Waals surface area contributed by atoms with Crippen LogP contribution < -0.4 is 5.46 Å². The quantitative estimate of drug-likeness (QED) is 0.764. The average Bonchev–Trinajstić information content (AvgIpc) is 2.58. The number of hydrogen-bond donors (Lipinski definition) is 1. The molecule has 1 aromatic heterocycles. The molecule has 0 aliphatic heterocycles. The van der Waals surface area contributed by atoms with Gasteiger partial charge in [0.2, 0.25) is 0 Å². The lowest BCUT2D eigenvalue weighted by Crippen LogP contribution is -2.55. The zero-order chi connectivity index (χ0) is 13.3. The van der Waals surface area contributed by atoms with Gasteiger partial charge >= 0.3 is 7.48 Å². The minimum absolute atomic E-state index is 0.221. The second-order valence-electron chi connectivity index (χ2n) is 5.63. The van der Waals surface area contributed by atoms with E-state index in [-0.39, 0.29) is 5.92 Å². The number of aliphatic hydroxyl groups is 1. The van der Waals surface area contributed by atoms with Gasteiger partial charge in [-0.25, -0.2) is 0 Å². The molecule has 1 aromatic rings. The lowest BCUT2D eigenvalue weighted by molar-refractivity contribution is -0.126. The first-order chi connectivity index (χ1) is 7.67. The maximum Gasteiger partial charge on any atom is 0.312 e. The van der Waals surface area contributed by atoms with Gasteiger partial charge in [-0.15, -0.1) is 0 Å². The first-order valence-electron chi connectivity index (χ1n) is 6.00. The van der Waals surface area contributed by atoms with Crippen molar-refractivity contribution >= 4 is 12.9 Å². The van der Waals surface area contributed by atoms with Crippen LogP contribution in [0.4, 0.5) is 0 Å². The Morgan fingerprint density at radius 3 is 2.35 bits per heavy atom. The van der Waals surface area contributed by atoms with Crippen LogP contribution in [-0.2, 0) is 11.7 Å². The molecule has 0 aliphatic carbocycles. The summed E-state index contributed by atoms with van der Waals surface area (Å²) in [5.74, 6) is 0.221. The topological polar surface area (TPSA) is 47.3 Å². The van der Waals surface area contributed by atoms with E-state index in [4.69, 9.17) is 4.65 Å². The third kappa shape index (κ3) is 3.10. The summed E-state index contributed by atoms with van der Waals surface area (Å²) in [5, 5.41) is 14.3. The molecule has 0 aromatic carbocycles. The summed E-state index contributed by atoms with van der Waals surface area (Å²) in [6.45, 7) is 9.64. The molecule has 0 spiro atoms. The molecule has 1 unspecified atom stereocenters. The summed E-state index contributed by atoms with van der Waals surface area (Å²) >= 11 is 0. The fraction of sp³-hybridized carbons (Fsp3) is 0.750. The molecule has 96 valence electrons. The van der Waals surface area contributed by atoms with Gasteiger partial charge in [0, 0.05) is 19.4 Å². The van der Waals surface area contributed by atoms with Crippen LogP contribution in [0, 0.1) is 5.92 Å². The Bertz CT molecular complexity index is 371. The van der Waals surface area contributed by atoms with Gasteiger partial charge in [0.05, 0.1) is 11.2 Å². The summed E-state index contributed by atoms with van der Waals surface area (Å²) in [6.07, 6.45) is 3.70. The van der Waals surface area contributed by atoms with Crippen LogP contribution >= 0.6 is 0 Å². The zero-order valence-corrected chi connectivity index (χ0v) is 11.7. The third-order valence-corrected chi connectivity index (χ3v) is 3.61. The first kappa shape index (κ1) is 14.3. The lowest BCUT2D eigenvalue weighted by atomic mass is 9.76. The van der Waals surface area contributed by atoms with E-state index in [1.807, 2.05) is 20.2 Å². The Hall–Kier alpha value is -0.805. The first-order valence-corrected chi connectivity index (χ1v) is 6.00. The number of nitrogens with zero attached hydrogens (tertiary/aromatic N) is 2. The molecule has 1 N–H and O–H groups in total. The molecule has 17 heavy (non-hydrogen) atoms. The normalized spacial score (nSPS) is 16.0. The fourth-order valence-corrected chi connectivity index (χ4v) is 1.83. The molecule has 1 rings (SSSR count).